The number of aromatic nitrogens is 3. The second kappa shape index (κ2) is 8.48. The minimum Gasteiger partial charge on any atom is -0.464 e. The molecule has 1 aromatic rings. The summed E-state index contributed by atoms with van der Waals surface area (Å²) in [6.45, 7) is 5.03. The molecule has 1 rings (SSSR count). The van der Waals surface area contributed by atoms with Crippen LogP contribution in [-0.2, 0) is 0 Å². The zero-order valence-electron chi connectivity index (χ0n) is 11.6. The molecule has 8 heteroatoms. The molecule has 0 aromatic carbocycles. The number of nitrogens with one attached hydrogen (secondary N) is 1. The number of hydrogen-bond acceptors (Lipinski definition) is 8. The van der Waals surface area contributed by atoms with Crippen molar-refractivity contribution in [3.05, 3.63) is 0 Å². The van der Waals surface area contributed by atoms with Crippen molar-refractivity contribution in [3.63, 3.8) is 0 Å². The molecule has 20 heavy (non-hydrogen) atoms. The van der Waals surface area contributed by atoms with Crippen LogP contribution in [0.4, 0.5) is 11.9 Å². The van der Waals surface area contributed by atoms with E-state index in [0.717, 1.165) is 6.42 Å². The summed E-state index contributed by atoms with van der Waals surface area (Å²) < 4.78 is 5.28. The average molecular weight is 275 g/mol. The van der Waals surface area contributed by atoms with Crippen LogP contribution >= 0.6 is 0 Å². The standard InChI is InChI=1S/C12H17N7O/c1-3-7-15-10-16-11(18-12(17-10)20-4-2)19(8-5-13)9-6-14/h3-4,7-9H2,1-2H3,(H,15,16,17,18). The summed E-state index contributed by atoms with van der Waals surface area (Å²) in [4.78, 5) is 13.9. The van der Waals surface area contributed by atoms with E-state index in [1.807, 2.05) is 26.0 Å². The van der Waals surface area contributed by atoms with Gasteiger partial charge >= 0.3 is 6.01 Å². The topological polar surface area (TPSA) is 111 Å². The van der Waals surface area contributed by atoms with Crippen LogP contribution in [0.2, 0.25) is 0 Å². The van der Waals surface area contributed by atoms with E-state index in [0.29, 0.717) is 19.1 Å². The van der Waals surface area contributed by atoms with E-state index in [1.54, 1.807) is 0 Å². The molecule has 106 valence electrons. The highest BCUT2D eigenvalue weighted by molar-refractivity contribution is 5.40. The van der Waals surface area contributed by atoms with Gasteiger partial charge in [0.1, 0.15) is 13.1 Å². The number of ether oxygens (including phenoxy) is 1. The van der Waals surface area contributed by atoms with Crippen LogP contribution in [0.15, 0.2) is 0 Å². The van der Waals surface area contributed by atoms with Crippen LogP contribution in [0.25, 0.3) is 0 Å². The summed E-state index contributed by atoms with van der Waals surface area (Å²) >= 11 is 0. The van der Waals surface area contributed by atoms with Crippen molar-refractivity contribution in [2.45, 2.75) is 20.3 Å². The van der Waals surface area contributed by atoms with Gasteiger partial charge < -0.3 is 15.0 Å². The second-order valence-corrected chi connectivity index (χ2v) is 3.77. The first-order valence-corrected chi connectivity index (χ1v) is 6.36. The molecule has 1 heterocycles. The number of nitrogens with zero attached hydrogens (tertiary/aromatic N) is 6. The fourth-order valence-electron chi connectivity index (χ4n) is 1.36. The number of anilines is 2. The average Bonchev–Trinajstić information content (AvgIpc) is 2.45. The number of rotatable bonds is 8. The lowest BCUT2D eigenvalue weighted by atomic mass is 10.5. The Morgan fingerprint density at radius 1 is 1.15 bits per heavy atom. The Morgan fingerprint density at radius 2 is 1.85 bits per heavy atom. The third-order valence-electron chi connectivity index (χ3n) is 2.22. The summed E-state index contributed by atoms with van der Waals surface area (Å²) in [5.41, 5.74) is 0. The normalized spacial score (nSPS) is 9.40. The lowest BCUT2D eigenvalue weighted by Gasteiger charge is -2.17. The van der Waals surface area contributed by atoms with Crippen molar-refractivity contribution in [3.8, 4) is 18.1 Å². The van der Waals surface area contributed by atoms with Gasteiger partial charge in [-0.2, -0.15) is 25.5 Å². The van der Waals surface area contributed by atoms with Gasteiger partial charge in [0.05, 0.1) is 18.7 Å². The zero-order chi connectivity index (χ0) is 14.8. The van der Waals surface area contributed by atoms with Crippen molar-refractivity contribution in [1.29, 1.82) is 10.5 Å². The molecule has 1 N–H and O–H groups in total. The predicted molar refractivity (Wildman–Crippen MR) is 73.2 cm³/mol. The number of nitriles is 2. The maximum absolute atomic E-state index is 8.79. The van der Waals surface area contributed by atoms with E-state index >= 15 is 0 Å². The van der Waals surface area contributed by atoms with E-state index in [1.165, 1.54) is 4.90 Å². The molecule has 1 aromatic heterocycles. The zero-order valence-corrected chi connectivity index (χ0v) is 11.6. The van der Waals surface area contributed by atoms with Crippen molar-refractivity contribution >= 4 is 11.9 Å². The molecule has 0 aliphatic rings. The van der Waals surface area contributed by atoms with Crippen LogP contribution in [0, 0.1) is 22.7 Å². The van der Waals surface area contributed by atoms with Crippen molar-refractivity contribution < 1.29 is 4.74 Å². The maximum Gasteiger partial charge on any atom is 0.323 e. The minimum absolute atomic E-state index is 0.0242. The molecule has 0 amide bonds. The smallest absolute Gasteiger partial charge is 0.323 e. The van der Waals surface area contributed by atoms with Gasteiger partial charge in [0.2, 0.25) is 11.9 Å². The fourth-order valence-corrected chi connectivity index (χ4v) is 1.36. The van der Waals surface area contributed by atoms with Gasteiger partial charge in [0, 0.05) is 6.54 Å². The first kappa shape index (κ1) is 15.4. The third-order valence-corrected chi connectivity index (χ3v) is 2.22. The van der Waals surface area contributed by atoms with Crippen molar-refractivity contribution in [2.24, 2.45) is 0 Å². The monoisotopic (exact) mass is 275 g/mol. The summed E-state index contributed by atoms with van der Waals surface area (Å²) in [5, 5.41) is 20.6. The van der Waals surface area contributed by atoms with Gasteiger partial charge in [-0.25, -0.2) is 0 Å². The predicted octanol–water partition coefficient (Wildman–Crippen LogP) is 0.946. The largest absolute Gasteiger partial charge is 0.464 e. The van der Waals surface area contributed by atoms with Gasteiger partial charge in [-0.15, -0.1) is 0 Å². The first-order valence-electron chi connectivity index (χ1n) is 6.36. The lowest BCUT2D eigenvalue weighted by Crippen LogP contribution is -2.27. The van der Waals surface area contributed by atoms with Crippen LogP contribution in [0.5, 0.6) is 6.01 Å². The Bertz CT molecular complexity index is 490. The Balaban J connectivity index is 3.05. The van der Waals surface area contributed by atoms with Gasteiger partial charge in [-0.3, -0.25) is 0 Å². The van der Waals surface area contributed by atoms with Crippen LogP contribution in [0.3, 0.4) is 0 Å². The highest BCUT2D eigenvalue weighted by Crippen LogP contribution is 2.14. The maximum atomic E-state index is 8.79. The lowest BCUT2D eigenvalue weighted by molar-refractivity contribution is 0.312. The van der Waals surface area contributed by atoms with E-state index in [-0.39, 0.29) is 25.0 Å². The van der Waals surface area contributed by atoms with Crippen molar-refractivity contribution in [1.82, 2.24) is 15.0 Å². The molecule has 0 radical (unpaired) electrons. The van der Waals surface area contributed by atoms with Crippen molar-refractivity contribution in [2.75, 3.05) is 36.5 Å². The van der Waals surface area contributed by atoms with E-state index < -0.39 is 0 Å². The summed E-state index contributed by atoms with van der Waals surface area (Å²) in [5.74, 6) is 0.631. The summed E-state index contributed by atoms with van der Waals surface area (Å²) in [7, 11) is 0. The number of hydrogen-bond donors (Lipinski definition) is 1. The van der Waals surface area contributed by atoms with E-state index in [9.17, 15) is 0 Å². The second-order valence-electron chi connectivity index (χ2n) is 3.77. The SMILES string of the molecule is CCCNc1nc(OCC)nc(N(CC#N)CC#N)n1. The van der Waals surface area contributed by atoms with Gasteiger partial charge in [-0.1, -0.05) is 6.92 Å². The highest BCUT2D eigenvalue weighted by Gasteiger charge is 2.13. The molecular formula is C12H17N7O. The van der Waals surface area contributed by atoms with Gasteiger partial charge in [-0.05, 0) is 13.3 Å². The van der Waals surface area contributed by atoms with Crippen LogP contribution in [-0.4, -0.2) is 41.2 Å². The Kier molecular flexibility index (Phi) is 6.55. The molecule has 0 aliphatic carbocycles. The molecule has 0 aliphatic heterocycles. The Labute approximate surface area is 118 Å². The molecule has 0 fully saturated rings. The van der Waals surface area contributed by atoms with Gasteiger partial charge in [0.25, 0.3) is 0 Å². The molecule has 0 unspecified atom stereocenters. The molecule has 8 nitrogen and oxygen atoms in total. The molecule has 0 saturated carbocycles. The molecule has 0 atom stereocenters. The first-order chi connectivity index (χ1) is 9.74. The summed E-state index contributed by atoms with van der Waals surface area (Å²) in [6.07, 6.45) is 0.922. The van der Waals surface area contributed by atoms with Gasteiger partial charge in [0.15, 0.2) is 0 Å². The van der Waals surface area contributed by atoms with E-state index in [4.69, 9.17) is 15.3 Å². The Hall–Kier alpha value is -2.61. The molecular weight excluding hydrogens is 258 g/mol. The molecule has 0 bridgehead atoms. The highest BCUT2D eigenvalue weighted by atomic mass is 16.5. The quantitative estimate of drug-likeness (QED) is 0.698. The van der Waals surface area contributed by atoms with Crippen LogP contribution < -0.4 is 15.0 Å². The fraction of sp³-hybridized carbons (Fsp3) is 0.583. The van der Waals surface area contributed by atoms with Crippen LogP contribution in [0.1, 0.15) is 20.3 Å². The summed E-state index contributed by atoms with van der Waals surface area (Å²) in [6, 6.07) is 4.13. The minimum atomic E-state index is 0.0242. The van der Waals surface area contributed by atoms with E-state index in [2.05, 4.69) is 20.3 Å². The third kappa shape index (κ3) is 4.58. The Morgan fingerprint density at radius 3 is 2.40 bits per heavy atom. The molecule has 0 saturated heterocycles. The molecule has 0 spiro atoms.